The number of hydrogen-bond donors (Lipinski definition) is 0. The Hall–Kier alpha value is -0.0300. The zero-order valence-electron chi connectivity index (χ0n) is 7.75. The molecule has 2 bridgehead atoms. The van der Waals surface area contributed by atoms with Crippen LogP contribution in [0.3, 0.4) is 0 Å². The van der Waals surface area contributed by atoms with Crippen molar-refractivity contribution < 1.29 is 17.5 Å². The van der Waals surface area contributed by atoms with Gasteiger partial charge in [0.15, 0.2) is 0 Å². The van der Waals surface area contributed by atoms with E-state index >= 15 is 0 Å². The van der Waals surface area contributed by atoms with Gasteiger partial charge < -0.3 is 4.55 Å². The highest BCUT2D eigenvalue weighted by Crippen LogP contribution is 2.51. The fourth-order valence-electron chi connectivity index (χ4n) is 3.00. The zero-order valence-corrected chi connectivity index (χ0v) is 8.56. The summed E-state index contributed by atoms with van der Waals surface area (Å²) in [5.41, 5.74) is 0. The highest BCUT2D eigenvalue weighted by Gasteiger charge is 2.44. The third-order valence-electron chi connectivity index (χ3n) is 3.63. The SMILES string of the molecule is O=S([O-])C(F)(F)CC1CC2CCC1C2. The minimum Gasteiger partial charge on any atom is -0.768 e. The second-order valence-electron chi connectivity index (χ2n) is 4.51. The molecule has 0 radical (unpaired) electrons. The molecule has 0 amide bonds. The molecule has 14 heavy (non-hydrogen) atoms. The molecule has 2 nitrogen and oxygen atoms in total. The van der Waals surface area contributed by atoms with E-state index in [1.807, 2.05) is 0 Å². The van der Waals surface area contributed by atoms with E-state index in [-0.39, 0.29) is 5.92 Å². The van der Waals surface area contributed by atoms with Crippen LogP contribution in [0.25, 0.3) is 0 Å². The largest absolute Gasteiger partial charge is 0.768 e. The fraction of sp³-hybridized carbons (Fsp3) is 1.00. The Morgan fingerprint density at radius 1 is 1.36 bits per heavy atom. The summed E-state index contributed by atoms with van der Waals surface area (Å²) in [6.07, 6.45) is 3.53. The van der Waals surface area contributed by atoms with Crippen molar-refractivity contribution in [3.8, 4) is 0 Å². The van der Waals surface area contributed by atoms with Crippen molar-refractivity contribution in [3.05, 3.63) is 0 Å². The van der Waals surface area contributed by atoms with E-state index in [4.69, 9.17) is 0 Å². The average molecular weight is 223 g/mol. The first-order valence-corrected chi connectivity index (χ1v) is 6.03. The third kappa shape index (κ3) is 1.84. The molecular weight excluding hydrogens is 210 g/mol. The molecule has 0 aliphatic heterocycles. The lowest BCUT2D eigenvalue weighted by Crippen LogP contribution is -2.28. The molecule has 0 aromatic rings. The lowest BCUT2D eigenvalue weighted by molar-refractivity contribution is 0.0489. The predicted molar refractivity (Wildman–Crippen MR) is 47.4 cm³/mol. The second-order valence-corrected chi connectivity index (χ2v) is 5.58. The second kappa shape index (κ2) is 3.52. The van der Waals surface area contributed by atoms with Gasteiger partial charge in [0.05, 0.1) is 0 Å². The normalized spacial score (nSPS) is 38.9. The number of hydrogen-bond acceptors (Lipinski definition) is 2. The van der Waals surface area contributed by atoms with Gasteiger partial charge in [0.25, 0.3) is 0 Å². The maximum atomic E-state index is 12.9. The number of rotatable bonds is 3. The van der Waals surface area contributed by atoms with E-state index in [9.17, 15) is 17.5 Å². The van der Waals surface area contributed by atoms with Gasteiger partial charge in [-0.3, -0.25) is 4.21 Å². The standard InChI is InChI=1S/C9H14F2O2S/c10-9(11,14(12)13)5-8-4-6-1-2-7(8)3-6/h6-8H,1-5H2,(H,12,13)/p-1. The van der Waals surface area contributed by atoms with E-state index < -0.39 is 22.8 Å². The van der Waals surface area contributed by atoms with Gasteiger partial charge in [-0.1, -0.05) is 6.42 Å². The summed E-state index contributed by atoms with van der Waals surface area (Å²) in [5.74, 6) is 0.872. The Bertz CT molecular complexity index is 257. The Morgan fingerprint density at radius 3 is 2.50 bits per heavy atom. The van der Waals surface area contributed by atoms with Crippen LogP contribution >= 0.6 is 0 Å². The van der Waals surface area contributed by atoms with Gasteiger partial charge in [-0.25, -0.2) is 0 Å². The average Bonchev–Trinajstić information content (AvgIpc) is 2.63. The van der Waals surface area contributed by atoms with Gasteiger partial charge in [-0.15, -0.1) is 0 Å². The van der Waals surface area contributed by atoms with Gasteiger partial charge in [0.1, 0.15) is 0 Å². The fourth-order valence-corrected chi connectivity index (χ4v) is 3.35. The molecule has 2 aliphatic carbocycles. The molecule has 0 aromatic heterocycles. The van der Waals surface area contributed by atoms with Crippen molar-refractivity contribution in [2.24, 2.45) is 17.8 Å². The maximum absolute atomic E-state index is 12.9. The van der Waals surface area contributed by atoms with Crippen LogP contribution in [-0.4, -0.2) is 14.0 Å². The molecule has 0 spiro atoms. The van der Waals surface area contributed by atoms with Crippen molar-refractivity contribution in [1.29, 1.82) is 0 Å². The number of halogens is 2. The molecule has 82 valence electrons. The van der Waals surface area contributed by atoms with Crippen LogP contribution in [0.2, 0.25) is 0 Å². The molecule has 0 heterocycles. The van der Waals surface area contributed by atoms with Crippen molar-refractivity contribution in [3.63, 3.8) is 0 Å². The summed E-state index contributed by atoms with van der Waals surface area (Å²) in [5, 5.41) is -3.52. The van der Waals surface area contributed by atoms with Gasteiger partial charge in [-0.2, -0.15) is 8.78 Å². The summed E-state index contributed by atoms with van der Waals surface area (Å²) in [4.78, 5) is 0. The first-order valence-electron chi connectivity index (χ1n) is 4.96. The molecular formula is C9H13F2O2S-. The van der Waals surface area contributed by atoms with Crippen LogP contribution < -0.4 is 0 Å². The molecule has 2 rings (SSSR count). The van der Waals surface area contributed by atoms with Crippen LogP contribution in [-0.2, 0) is 11.1 Å². The summed E-state index contributed by atoms with van der Waals surface area (Å²) in [7, 11) is 0. The monoisotopic (exact) mass is 223 g/mol. The number of fused-ring (bicyclic) bond motifs is 2. The predicted octanol–water partition coefficient (Wildman–Crippen LogP) is 2.28. The van der Waals surface area contributed by atoms with Crippen molar-refractivity contribution in [2.75, 3.05) is 0 Å². The first kappa shape index (κ1) is 10.5. The molecule has 0 aromatic carbocycles. The Labute approximate surface area is 84.4 Å². The molecule has 4 atom stereocenters. The van der Waals surface area contributed by atoms with Crippen LogP contribution in [0.15, 0.2) is 0 Å². The highest BCUT2D eigenvalue weighted by atomic mass is 32.2. The van der Waals surface area contributed by atoms with Crippen LogP contribution in [0, 0.1) is 17.8 Å². The van der Waals surface area contributed by atoms with Crippen LogP contribution in [0.4, 0.5) is 8.78 Å². The Balaban J connectivity index is 1.95. The van der Waals surface area contributed by atoms with Crippen molar-refractivity contribution in [1.82, 2.24) is 0 Å². The highest BCUT2D eigenvalue weighted by molar-refractivity contribution is 7.80. The van der Waals surface area contributed by atoms with Crippen molar-refractivity contribution in [2.45, 2.75) is 37.4 Å². The first-order chi connectivity index (χ1) is 6.49. The molecule has 0 saturated heterocycles. The van der Waals surface area contributed by atoms with Crippen LogP contribution in [0.5, 0.6) is 0 Å². The van der Waals surface area contributed by atoms with E-state index in [2.05, 4.69) is 0 Å². The topological polar surface area (TPSA) is 40.1 Å². The van der Waals surface area contributed by atoms with Gasteiger partial charge in [-0.05, 0) is 37.0 Å². The third-order valence-corrected chi connectivity index (χ3v) is 4.28. The van der Waals surface area contributed by atoms with E-state index in [1.165, 1.54) is 0 Å². The molecule has 4 unspecified atom stereocenters. The summed E-state index contributed by atoms with van der Waals surface area (Å²) in [6, 6.07) is 0. The zero-order chi connectivity index (χ0) is 10.3. The van der Waals surface area contributed by atoms with Gasteiger partial charge in [0, 0.05) is 17.5 Å². The lowest BCUT2D eigenvalue weighted by atomic mass is 9.86. The minimum absolute atomic E-state index is 0.0679. The quantitative estimate of drug-likeness (QED) is 0.689. The van der Waals surface area contributed by atoms with E-state index in [0.717, 1.165) is 25.7 Å². The number of alkyl halides is 2. The van der Waals surface area contributed by atoms with Crippen molar-refractivity contribution >= 4 is 11.1 Å². The molecule has 5 heteroatoms. The Kier molecular flexibility index (Phi) is 2.64. The lowest BCUT2D eigenvalue weighted by Gasteiger charge is -2.27. The minimum atomic E-state index is -3.52. The smallest absolute Gasteiger partial charge is 0.309 e. The molecule has 2 fully saturated rings. The summed E-state index contributed by atoms with van der Waals surface area (Å²) in [6.45, 7) is 0. The summed E-state index contributed by atoms with van der Waals surface area (Å²) < 4.78 is 46.4. The Morgan fingerprint density at radius 2 is 2.07 bits per heavy atom. The maximum Gasteiger partial charge on any atom is 0.309 e. The van der Waals surface area contributed by atoms with Crippen LogP contribution in [0.1, 0.15) is 32.1 Å². The van der Waals surface area contributed by atoms with Gasteiger partial charge >= 0.3 is 5.25 Å². The van der Waals surface area contributed by atoms with E-state index in [0.29, 0.717) is 11.8 Å². The van der Waals surface area contributed by atoms with E-state index in [1.54, 1.807) is 0 Å². The summed E-state index contributed by atoms with van der Waals surface area (Å²) >= 11 is -3.26. The van der Waals surface area contributed by atoms with Gasteiger partial charge in [0.2, 0.25) is 0 Å². The molecule has 2 aliphatic rings. The molecule has 0 N–H and O–H groups in total. The molecule has 2 saturated carbocycles.